The third kappa shape index (κ3) is 5.00. The second-order valence-electron chi connectivity index (χ2n) is 7.58. The van der Waals surface area contributed by atoms with Gasteiger partial charge in [0.25, 0.3) is 5.91 Å². The Hall–Kier alpha value is -1.47. The Morgan fingerprint density at radius 1 is 1.43 bits per heavy atom. The first-order valence-corrected chi connectivity index (χ1v) is 8.36. The third-order valence-electron chi connectivity index (χ3n) is 4.14. The van der Waals surface area contributed by atoms with Crippen molar-refractivity contribution in [2.24, 2.45) is 5.41 Å². The maximum absolute atomic E-state index is 12.3. The quantitative estimate of drug-likeness (QED) is 0.753. The molecule has 1 unspecified atom stereocenters. The van der Waals surface area contributed by atoms with Crippen LogP contribution in [0.15, 0.2) is 0 Å². The predicted octanol–water partition coefficient (Wildman–Crippen LogP) is 1.04. The van der Waals surface area contributed by atoms with E-state index in [1.165, 1.54) is 0 Å². The van der Waals surface area contributed by atoms with Gasteiger partial charge in [-0.3, -0.25) is 4.79 Å². The molecule has 0 saturated carbocycles. The maximum Gasteiger partial charge on any atom is 0.273 e. The molecule has 23 heavy (non-hydrogen) atoms. The molecule has 1 saturated heterocycles. The van der Waals surface area contributed by atoms with Crippen LogP contribution in [0.25, 0.3) is 0 Å². The van der Waals surface area contributed by atoms with Gasteiger partial charge in [0.15, 0.2) is 5.69 Å². The lowest BCUT2D eigenvalue weighted by molar-refractivity contribution is 0.0863. The molecule has 7 nitrogen and oxygen atoms in total. The molecule has 1 aliphatic heterocycles. The molecule has 0 radical (unpaired) electrons. The normalized spacial score (nSPS) is 18.0. The van der Waals surface area contributed by atoms with Gasteiger partial charge in [0.2, 0.25) is 0 Å². The molecule has 2 heterocycles. The SMILES string of the molecule is Cc1c(C(=O)NCC(O)CC(C)(C)C)nnn1C1CCNCC1. The van der Waals surface area contributed by atoms with Crippen molar-refractivity contribution in [1.82, 2.24) is 25.6 Å². The Balaban J connectivity index is 1.93. The monoisotopic (exact) mass is 323 g/mol. The van der Waals surface area contributed by atoms with Crippen LogP contribution in [0.4, 0.5) is 0 Å². The molecular formula is C16H29N5O2. The number of aliphatic hydroxyl groups is 1. The number of nitrogens with one attached hydrogen (secondary N) is 2. The maximum atomic E-state index is 12.3. The van der Waals surface area contributed by atoms with Gasteiger partial charge in [-0.1, -0.05) is 26.0 Å². The Kier molecular flexibility index (Phi) is 5.75. The first-order valence-electron chi connectivity index (χ1n) is 8.36. The van der Waals surface area contributed by atoms with E-state index < -0.39 is 6.10 Å². The molecule has 1 atom stereocenters. The largest absolute Gasteiger partial charge is 0.391 e. The topological polar surface area (TPSA) is 92.1 Å². The zero-order chi connectivity index (χ0) is 17.0. The molecule has 1 aliphatic rings. The molecule has 7 heteroatoms. The summed E-state index contributed by atoms with van der Waals surface area (Å²) in [5.74, 6) is -0.268. The summed E-state index contributed by atoms with van der Waals surface area (Å²) in [6, 6.07) is 0.303. The van der Waals surface area contributed by atoms with Crippen molar-refractivity contribution >= 4 is 5.91 Å². The summed E-state index contributed by atoms with van der Waals surface area (Å²) in [4.78, 5) is 12.3. The second-order valence-corrected chi connectivity index (χ2v) is 7.58. The lowest BCUT2D eigenvalue weighted by atomic mass is 9.89. The van der Waals surface area contributed by atoms with E-state index in [9.17, 15) is 9.90 Å². The summed E-state index contributed by atoms with van der Waals surface area (Å²) < 4.78 is 1.86. The summed E-state index contributed by atoms with van der Waals surface area (Å²) in [5, 5.41) is 24.3. The van der Waals surface area contributed by atoms with E-state index in [4.69, 9.17) is 0 Å². The molecular weight excluding hydrogens is 294 g/mol. The first-order chi connectivity index (χ1) is 10.8. The number of aromatic nitrogens is 3. The summed E-state index contributed by atoms with van der Waals surface area (Å²) in [7, 11) is 0. The Labute approximate surface area is 137 Å². The van der Waals surface area contributed by atoms with E-state index in [2.05, 4.69) is 41.7 Å². The number of nitrogens with zero attached hydrogens (tertiary/aromatic N) is 3. The first kappa shape index (κ1) is 17.9. The van der Waals surface area contributed by atoms with Crippen LogP contribution in [-0.2, 0) is 0 Å². The number of carbonyl (C=O) groups excluding carboxylic acids is 1. The fraction of sp³-hybridized carbons (Fsp3) is 0.812. The van der Waals surface area contributed by atoms with E-state index >= 15 is 0 Å². The van der Waals surface area contributed by atoms with Crippen molar-refractivity contribution in [1.29, 1.82) is 0 Å². The van der Waals surface area contributed by atoms with E-state index in [0.717, 1.165) is 31.6 Å². The second kappa shape index (κ2) is 7.40. The standard InChI is InChI=1S/C16H29N5O2/c1-11-14(15(23)18-10-13(22)9-16(2,3)4)19-20-21(11)12-5-7-17-8-6-12/h12-13,17,22H,5-10H2,1-4H3,(H,18,23). The van der Waals surface area contributed by atoms with Crippen molar-refractivity contribution in [3.05, 3.63) is 11.4 Å². The fourth-order valence-corrected chi connectivity index (χ4v) is 3.02. The summed E-state index contributed by atoms with van der Waals surface area (Å²) >= 11 is 0. The molecule has 1 aromatic heterocycles. The van der Waals surface area contributed by atoms with Gasteiger partial charge in [-0.25, -0.2) is 4.68 Å². The summed E-state index contributed by atoms with van der Waals surface area (Å²) in [6.45, 7) is 10.2. The van der Waals surface area contributed by atoms with Crippen LogP contribution in [0.2, 0.25) is 0 Å². The van der Waals surface area contributed by atoms with Gasteiger partial charge in [-0.15, -0.1) is 5.10 Å². The number of aliphatic hydroxyl groups excluding tert-OH is 1. The highest BCUT2D eigenvalue weighted by atomic mass is 16.3. The minimum Gasteiger partial charge on any atom is -0.391 e. The number of hydrogen-bond donors (Lipinski definition) is 3. The van der Waals surface area contributed by atoms with Crippen LogP contribution in [-0.4, -0.2) is 51.7 Å². The van der Waals surface area contributed by atoms with Gasteiger partial charge in [0.1, 0.15) is 0 Å². The molecule has 1 fully saturated rings. The van der Waals surface area contributed by atoms with Gasteiger partial charge in [0.05, 0.1) is 17.8 Å². The van der Waals surface area contributed by atoms with E-state index in [1.807, 2.05) is 11.6 Å². The highest BCUT2D eigenvalue weighted by Gasteiger charge is 2.23. The lowest BCUT2D eigenvalue weighted by Gasteiger charge is -2.23. The fourth-order valence-electron chi connectivity index (χ4n) is 3.02. The van der Waals surface area contributed by atoms with E-state index in [0.29, 0.717) is 18.2 Å². The van der Waals surface area contributed by atoms with Crippen molar-refractivity contribution < 1.29 is 9.90 Å². The summed E-state index contributed by atoms with van der Waals surface area (Å²) in [6.07, 6.45) is 2.07. The van der Waals surface area contributed by atoms with Gasteiger partial charge in [0, 0.05) is 6.54 Å². The van der Waals surface area contributed by atoms with Crippen molar-refractivity contribution in [2.45, 2.75) is 59.1 Å². The Morgan fingerprint density at radius 3 is 2.70 bits per heavy atom. The lowest BCUT2D eigenvalue weighted by Crippen LogP contribution is -2.34. The molecule has 0 aromatic carbocycles. The number of amides is 1. The van der Waals surface area contributed by atoms with Gasteiger partial charge in [-0.2, -0.15) is 0 Å². The number of carbonyl (C=O) groups is 1. The highest BCUT2D eigenvalue weighted by Crippen LogP contribution is 2.21. The molecule has 0 bridgehead atoms. The van der Waals surface area contributed by atoms with Crippen LogP contribution in [0.3, 0.4) is 0 Å². The molecule has 0 spiro atoms. The smallest absolute Gasteiger partial charge is 0.273 e. The third-order valence-corrected chi connectivity index (χ3v) is 4.14. The van der Waals surface area contributed by atoms with Crippen LogP contribution in [0.5, 0.6) is 0 Å². The molecule has 130 valence electrons. The highest BCUT2D eigenvalue weighted by molar-refractivity contribution is 5.93. The summed E-state index contributed by atoms with van der Waals surface area (Å²) in [5.41, 5.74) is 1.17. The van der Waals surface area contributed by atoms with Crippen molar-refractivity contribution in [3.8, 4) is 0 Å². The minimum atomic E-state index is -0.557. The molecule has 0 aliphatic carbocycles. The van der Waals surface area contributed by atoms with Crippen molar-refractivity contribution in [3.63, 3.8) is 0 Å². The zero-order valence-corrected chi connectivity index (χ0v) is 14.6. The van der Waals surface area contributed by atoms with Crippen LogP contribution < -0.4 is 10.6 Å². The van der Waals surface area contributed by atoms with Gasteiger partial charge < -0.3 is 15.7 Å². The van der Waals surface area contributed by atoms with Crippen LogP contribution >= 0.6 is 0 Å². The number of hydrogen-bond acceptors (Lipinski definition) is 5. The van der Waals surface area contributed by atoms with Crippen LogP contribution in [0, 0.1) is 12.3 Å². The Morgan fingerprint density at radius 2 is 2.09 bits per heavy atom. The molecule has 1 amide bonds. The number of rotatable bonds is 5. The number of piperidine rings is 1. The average molecular weight is 323 g/mol. The minimum absolute atomic E-state index is 0.0260. The zero-order valence-electron chi connectivity index (χ0n) is 14.6. The molecule has 2 rings (SSSR count). The van der Waals surface area contributed by atoms with E-state index in [-0.39, 0.29) is 17.9 Å². The van der Waals surface area contributed by atoms with Crippen LogP contribution in [0.1, 0.15) is 62.3 Å². The Bertz CT molecular complexity index is 529. The van der Waals surface area contributed by atoms with E-state index in [1.54, 1.807) is 0 Å². The van der Waals surface area contributed by atoms with Gasteiger partial charge >= 0.3 is 0 Å². The molecule has 1 aromatic rings. The average Bonchev–Trinajstić information content (AvgIpc) is 2.86. The van der Waals surface area contributed by atoms with Crippen molar-refractivity contribution in [2.75, 3.05) is 19.6 Å². The predicted molar refractivity (Wildman–Crippen MR) is 88.3 cm³/mol. The molecule has 3 N–H and O–H groups in total. The van der Waals surface area contributed by atoms with Gasteiger partial charge in [-0.05, 0) is 44.7 Å².